The van der Waals surface area contributed by atoms with Crippen molar-refractivity contribution in [1.29, 1.82) is 0 Å². The summed E-state index contributed by atoms with van der Waals surface area (Å²) in [5.41, 5.74) is 6.78. The number of esters is 1. The number of fused-ring (bicyclic) bond motifs is 2. The molecule has 0 aromatic heterocycles. The Morgan fingerprint density at radius 3 is 1.56 bits per heavy atom. The first kappa shape index (κ1) is 59.1. The van der Waals surface area contributed by atoms with Crippen LogP contribution in [0.25, 0.3) is 0 Å². The first-order valence-corrected chi connectivity index (χ1v) is 26.0. The van der Waals surface area contributed by atoms with Crippen molar-refractivity contribution in [2.45, 2.75) is 132 Å². The van der Waals surface area contributed by atoms with E-state index in [-0.39, 0.29) is 50.8 Å². The fourth-order valence-electron chi connectivity index (χ4n) is 8.68. The molecule has 0 atom stereocenters. The number of hydrogen-bond acceptors (Lipinski definition) is 12. The van der Waals surface area contributed by atoms with Gasteiger partial charge in [0, 0.05) is 37.6 Å². The number of ether oxygens (including phenoxy) is 6. The van der Waals surface area contributed by atoms with E-state index in [9.17, 15) is 24.0 Å². The number of benzene rings is 4. The van der Waals surface area contributed by atoms with Crippen LogP contribution in [0.1, 0.15) is 115 Å². The largest absolute Gasteiger partial charge is 0.496 e. The van der Waals surface area contributed by atoms with Gasteiger partial charge < -0.3 is 48.6 Å². The predicted molar refractivity (Wildman–Crippen MR) is 290 cm³/mol. The number of methoxy groups -OCH3 is 2. The Labute approximate surface area is 443 Å². The zero-order valence-electron chi connectivity index (χ0n) is 46.3. The molecule has 0 radical (unpaired) electrons. The number of nitrogens with zero attached hydrogens (tertiary/aromatic N) is 3. The minimum Gasteiger partial charge on any atom is -0.496 e. The minimum absolute atomic E-state index is 0.00308. The van der Waals surface area contributed by atoms with Crippen molar-refractivity contribution in [3.63, 3.8) is 0 Å². The Bertz CT molecular complexity index is 2600. The van der Waals surface area contributed by atoms with Gasteiger partial charge in [-0.25, -0.2) is 4.79 Å². The molecule has 4 aromatic carbocycles. The number of nitrogens with one attached hydrogen (secondary N) is 1. The molecule has 16 heteroatoms. The van der Waals surface area contributed by atoms with Crippen LogP contribution in [0.3, 0.4) is 0 Å². The lowest BCUT2D eigenvalue weighted by molar-refractivity contribution is -0.155. The Hall–Kier alpha value is -6.81. The first-order valence-electron chi connectivity index (χ1n) is 26.0. The Balaban J connectivity index is 0.000000289. The van der Waals surface area contributed by atoms with Crippen molar-refractivity contribution >= 4 is 41.2 Å². The second-order valence-corrected chi connectivity index (χ2v) is 21.8. The van der Waals surface area contributed by atoms with E-state index in [0.717, 1.165) is 70.1 Å². The van der Waals surface area contributed by atoms with Crippen LogP contribution < -0.4 is 34.1 Å². The second kappa shape index (κ2) is 27.1. The Kier molecular flexibility index (Phi) is 21.4. The summed E-state index contributed by atoms with van der Waals surface area (Å²) in [5, 5.41) is 11.6. The number of carboxylic acid groups (broad SMARTS) is 1. The molecule has 0 saturated carbocycles. The molecule has 408 valence electrons. The number of carboxylic acids is 1. The van der Waals surface area contributed by atoms with E-state index in [4.69, 9.17) is 33.5 Å². The third-order valence-electron chi connectivity index (χ3n) is 12.0. The normalized spacial score (nSPS) is 12.9. The molecule has 0 saturated heterocycles. The topological polar surface area (TPSA) is 183 Å². The van der Waals surface area contributed by atoms with Gasteiger partial charge in [0.2, 0.25) is 11.8 Å². The molecule has 0 unspecified atom stereocenters. The van der Waals surface area contributed by atoms with Gasteiger partial charge in [-0.1, -0.05) is 52.0 Å². The molecule has 2 N–H and O–H groups in total. The van der Waals surface area contributed by atoms with E-state index >= 15 is 0 Å². The van der Waals surface area contributed by atoms with Gasteiger partial charge in [0.15, 0.2) is 0 Å². The molecule has 2 aliphatic heterocycles. The highest BCUT2D eigenvalue weighted by Gasteiger charge is 2.31. The average Bonchev–Trinajstić information content (AvgIpc) is 3.96. The summed E-state index contributed by atoms with van der Waals surface area (Å²) in [5.74, 6) is 2.69. The van der Waals surface area contributed by atoms with Crippen molar-refractivity contribution < 1.29 is 57.5 Å². The molecule has 2 aliphatic rings. The van der Waals surface area contributed by atoms with Gasteiger partial charge in [0.1, 0.15) is 54.0 Å². The highest BCUT2D eigenvalue weighted by molar-refractivity contribution is 5.98. The number of hydrogen-bond donors (Lipinski definition) is 2. The molecule has 0 bridgehead atoms. The smallest absolute Gasteiger partial charge is 0.410 e. The maximum Gasteiger partial charge on any atom is 0.410 e. The van der Waals surface area contributed by atoms with Gasteiger partial charge in [0.05, 0.1) is 33.6 Å². The average molecular weight is 1040 g/mol. The van der Waals surface area contributed by atoms with Crippen molar-refractivity contribution in [3.05, 3.63) is 106 Å². The number of amides is 3. The number of carbonyl (C=O) groups is 5. The van der Waals surface area contributed by atoms with Crippen LogP contribution in [0.15, 0.2) is 72.8 Å². The van der Waals surface area contributed by atoms with Crippen LogP contribution in [-0.2, 0) is 67.5 Å². The van der Waals surface area contributed by atoms with Crippen molar-refractivity contribution in [2.24, 2.45) is 11.8 Å². The van der Waals surface area contributed by atoms with Crippen molar-refractivity contribution in [3.8, 4) is 23.0 Å². The molecule has 4 aromatic rings. The maximum absolute atomic E-state index is 13.4. The molecule has 6 rings (SSSR count). The lowest BCUT2D eigenvalue weighted by atomic mass is 10.0. The third-order valence-corrected chi connectivity index (χ3v) is 12.0. The fraction of sp³-hybridized carbons (Fsp3) is 0.508. The SMILES string of the molecule is COc1cc(COc2ccc3c(c2)CCN3C(=O)CN(CCC(=O)OC(C)(C)C)C(=O)OC(C)(C)C)ccc1CC(C)C.COc1cc(COc2ccc3c(c2)CCN3C(=O)CNCCC(=O)O)ccc1CC(C)C. The van der Waals surface area contributed by atoms with Crippen LogP contribution in [0.2, 0.25) is 0 Å². The summed E-state index contributed by atoms with van der Waals surface area (Å²) in [6.45, 7) is 21.5. The van der Waals surface area contributed by atoms with E-state index in [1.54, 1.807) is 65.6 Å². The molecule has 0 spiro atoms. The molecular formula is C59H80N4O12. The van der Waals surface area contributed by atoms with Crippen LogP contribution >= 0.6 is 0 Å². The molecule has 0 aliphatic carbocycles. The quantitative estimate of drug-likeness (QED) is 0.0561. The standard InChI is InChI=1S/C34H48N2O7.C25H32N2O5/c1-23(2)18-26-11-10-24(19-29(26)40-9)22-41-27-12-13-28-25(20-27)14-17-36(28)30(37)21-35(32(39)43-34(6,7)8)16-15-31(38)42-33(3,4)5;1-17(2)12-20-5-4-18(13-23(20)31-3)16-32-21-6-7-22-19(14-21)9-11-27(22)24(28)15-26-10-8-25(29)30/h10-13,19-20,23H,14-18,21-22H2,1-9H3;4-7,13-14,17,26H,8-12,15-16H2,1-3H3,(H,29,30). The number of aliphatic carboxylic acids is 1. The van der Waals surface area contributed by atoms with Gasteiger partial charge in [-0.2, -0.15) is 0 Å². The van der Waals surface area contributed by atoms with Crippen molar-refractivity contribution in [2.75, 3.05) is 63.3 Å². The zero-order valence-corrected chi connectivity index (χ0v) is 46.3. The summed E-state index contributed by atoms with van der Waals surface area (Å²) >= 11 is 0. The zero-order chi connectivity index (χ0) is 55.0. The fourth-order valence-corrected chi connectivity index (χ4v) is 8.68. The summed E-state index contributed by atoms with van der Waals surface area (Å²) in [4.78, 5) is 66.4. The second-order valence-electron chi connectivity index (χ2n) is 21.8. The van der Waals surface area contributed by atoms with E-state index in [2.05, 4.69) is 57.3 Å². The number of rotatable bonds is 22. The van der Waals surface area contributed by atoms with Gasteiger partial charge in [0.25, 0.3) is 0 Å². The van der Waals surface area contributed by atoms with Crippen molar-refractivity contribution in [1.82, 2.24) is 10.2 Å². The molecule has 16 nitrogen and oxygen atoms in total. The van der Waals surface area contributed by atoms with Crippen LogP contribution in [-0.4, -0.2) is 105 Å². The Morgan fingerprint density at radius 2 is 1.12 bits per heavy atom. The number of carbonyl (C=O) groups excluding carboxylic acids is 4. The lowest BCUT2D eigenvalue weighted by Gasteiger charge is -2.29. The monoisotopic (exact) mass is 1040 g/mol. The Morgan fingerprint density at radius 1 is 0.640 bits per heavy atom. The molecular weight excluding hydrogens is 957 g/mol. The summed E-state index contributed by atoms with van der Waals surface area (Å²) in [7, 11) is 3.38. The van der Waals surface area contributed by atoms with Gasteiger partial charge in [-0.15, -0.1) is 0 Å². The van der Waals surface area contributed by atoms with Crippen LogP contribution in [0.5, 0.6) is 23.0 Å². The number of anilines is 2. The minimum atomic E-state index is -0.881. The highest BCUT2D eigenvalue weighted by Crippen LogP contribution is 2.34. The summed E-state index contributed by atoms with van der Waals surface area (Å²) in [6.07, 6.45) is 2.65. The summed E-state index contributed by atoms with van der Waals surface area (Å²) in [6, 6.07) is 23.9. The van der Waals surface area contributed by atoms with E-state index in [1.807, 2.05) is 48.5 Å². The molecule has 3 amide bonds. The molecule has 0 fully saturated rings. The van der Waals surface area contributed by atoms with E-state index in [0.29, 0.717) is 50.3 Å². The lowest BCUT2D eigenvalue weighted by Crippen LogP contribution is -2.45. The molecule has 2 heterocycles. The van der Waals surface area contributed by atoms with Gasteiger partial charge in [-0.3, -0.25) is 24.1 Å². The first-order chi connectivity index (χ1) is 35.4. The van der Waals surface area contributed by atoms with E-state index in [1.165, 1.54) is 16.0 Å². The van der Waals surface area contributed by atoms with Crippen LogP contribution in [0, 0.1) is 11.8 Å². The molecule has 75 heavy (non-hydrogen) atoms. The van der Waals surface area contributed by atoms with Gasteiger partial charge >= 0.3 is 18.0 Å². The maximum atomic E-state index is 13.4. The summed E-state index contributed by atoms with van der Waals surface area (Å²) < 4.78 is 34.2. The highest BCUT2D eigenvalue weighted by atomic mass is 16.6. The third kappa shape index (κ3) is 18.8. The van der Waals surface area contributed by atoms with Crippen LogP contribution in [0.4, 0.5) is 16.2 Å². The van der Waals surface area contributed by atoms with E-state index < -0.39 is 29.2 Å². The van der Waals surface area contributed by atoms with Gasteiger partial charge in [-0.05, 0) is 161 Å². The predicted octanol–water partition coefficient (Wildman–Crippen LogP) is 9.76.